The Labute approximate surface area is 102 Å². The Morgan fingerprint density at radius 3 is 2.89 bits per heavy atom. The predicted molar refractivity (Wildman–Crippen MR) is 60.1 cm³/mol. The lowest BCUT2D eigenvalue weighted by atomic mass is 10.2. The van der Waals surface area contributed by atoms with Crippen LogP contribution in [0.25, 0.3) is 11.5 Å². The van der Waals surface area contributed by atoms with Gasteiger partial charge in [0.2, 0.25) is 0 Å². The van der Waals surface area contributed by atoms with Gasteiger partial charge in [0.1, 0.15) is 11.5 Å². The van der Waals surface area contributed by atoms with Crippen molar-refractivity contribution >= 4 is 0 Å². The highest BCUT2D eigenvalue weighted by Crippen LogP contribution is 2.25. The number of nitrogens with zero attached hydrogens (tertiary/aromatic N) is 5. The highest BCUT2D eigenvalue weighted by molar-refractivity contribution is 5.49. The Bertz CT molecular complexity index is 545. The number of hydrogen-bond acceptors (Lipinski definition) is 3. The fourth-order valence-corrected chi connectivity index (χ4v) is 2.32. The third-order valence-electron chi connectivity index (χ3n) is 3.19. The van der Waals surface area contributed by atoms with Gasteiger partial charge in [0.05, 0.1) is 0 Å². The maximum absolute atomic E-state index is 12.8. The molecule has 2 aromatic rings. The molecule has 96 valence electrons. The van der Waals surface area contributed by atoms with Crippen molar-refractivity contribution in [1.29, 1.82) is 0 Å². The van der Waals surface area contributed by atoms with Crippen molar-refractivity contribution in [3.8, 4) is 11.5 Å². The minimum atomic E-state index is -2.66. The summed E-state index contributed by atoms with van der Waals surface area (Å²) in [6, 6.07) is 1.55. The second-order valence-corrected chi connectivity index (χ2v) is 4.34. The topological polar surface area (TPSA) is 48.5 Å². The van der Waals surface area contributed by atoms with Crippen molar-refractivity contribution < 1.29 is 8.78 Å². The average molecular weight is 253 g/mol. The van der Waals surface area contributed by atoms with Crippen LogP contribution in [0.3, 0.4) is 0 Å². The molecule has 0 unspecified atom stereocenters. The van der Waals surface area contributed by atoms with Crippen molar-refractivity contribution in [2.75, 3.05) is 0 Å². The van der Waals surface area contributed by atoms with E-state index in [0.29, 0.717) is 16.2 Å². The molecule has 0 saturated carbocycles. The Kier molecular flexibility index (Phi) is 2.81. The molecule has 5 nitrogen and oxygen atoms in total. The van der Waals surface area contributed by atoms with Gasteiger partial charge in [0.25, 0.3) is 0 Å². The molecule has 0 spiro atoms. The van der Waals surface area contributed by atoms with Gasteiger partial charge in [-0.25, -0.2) is 4.68 Å². The van der Waals surface area contributed by atoms with Crippen molar-refractivity contribution in [3.05, 3.63) is 18.1 Å². The number of fused-ring (bicyclic) bond motifs is 1. The van der Waals surface area contributed by atoms with Gasteiger partial charge >= 0.3 is 6.55 Å². The van der Waals surface area contributed by atoms with Crippen molar-refractivity contribution in [2.45, 2.75) is 38.8 Å². The number of aryl methyl sites for hydroxylation is 1. The van der Waals surface area contributed by atoms with E-state index in [-0.39, 0.29) is 0 Å². The molecule has 0 bridgehead atoms. The van der Waals surface area contributed by atoms with E-state index in [0.717, 1.165) is 38.1 Å². The molecule has 0 aliphatic carbocycles. The van der Waals surface area contributed by atoms with E-state index in [4.69, 9.17) is 0 Å². The summed E-state index contributed by atoms with van der Waals surface area (Å²) >= 11 is 0. The molecule has 0 fully saturated rings. The standard InChI is InChI=1S/C11H13F2N5/c12-11(13)18-8(5-6-14-18)10-16-15-9-4-2-1-3-7-17(9)10/h5-6,11H,1-4,7H2. The Balaban J connectivity index is 2.06. The average Bonchev–Trinajstić information content (AvgIpc) is 2.90. The molecule has 3 rings (SSSR count). The zero-order valence-corrected chi connectivity index (χ0v) is 9.76. The molecule has 0 atom stereocenters. The molecule has 0 saturated heterocycles. The molecule has 0 N–H and O–H groups in total. The van der Waals surface area contributed by atoms with Crippen LogP contribution >= 0.6 is 0 Å². The highest BCUT2D eigenvalue weighted by atomic mass is 19.3. The van der Waals surface area contributed by atoms with E-state index < -0.39 is 6.55 Å². The first-order chi connectivity index (χ1) is 8.77. The molecule has 0 radical (unpaired) electrons. The maximum Gasteiger partial charge on any atom is 0.333 e. The van der Waals surface area contributed by atoms with Gasteiger partial charge in [-0.05, 0) is 18.9 Å². The molecular weight excluding hydrogens is 240 g/mol. The molecule has 2 aromatic heterocycles. The Morgan fingerprint density at radius 2 is 2.06 bits per heavy atom. The van der Waals surface area contributed by atoms with Gasteiger partial charge in [0.15, 0.2) is 5.82 Å². The van der Waals surface area contributed by atoms with E-state index in [1.807, 2.05) is 4.57 Å². The van der Waals surface area contributed by atoms with Gasteiger partial charge in [0, 0.05) is 19.2 Å². The van der Waals surface area contributed by atoms with E-state index in [2.05, 4.69) is 15.3 Å². The van der Waals surface area contributed by atoms with Crippen molar-refractivity contribution in [2.24, 2.45) is 0 Å². The molecule has 0 aromatic carbocycles. The smallest absolute Gasteiger partial charge is 0.310 e. The SMILES string of the molecule is FC(F)n1nccc1-c1nnc2n1CCCCC2. The molecule has 1 aliphatic heterocycles. The molecular formula is C11H13F2N5. The molecule has 0 amide bonds. The number of halogens is 2. The van der Waals surface area contributed by atoms with Gasteiger partial charge in [-0.1, -0.05) is 6.42 Å². The lowest BCUT2D eigenvalue weighted by molar-refractivity contribution is 0.0583. The van der Waals surface area contributed by atoms with E-state index in [9.17, 15) is 8.78 Å². The van der Waals surface area contributed by atoms with Crippen LogP contribution in [0, 0.1) is 0 Å². The van der Waals surface area contributed by atoms with Gasteiger partial charge in [-0.15, -0.1) is 10.2 Å². The highest BCUT2D eigenvalue weighted by Gasteiger charge is 2.21. The molecule has 7 heteroatoms. The summed E-state index contributed by atoms with van der Waals surface area (Å²) in [5, 5.41) is 11.8. The summed E-state index contributed by atoms with van der Waals surface area (Å²) in [6.45, 7) is -1.87. The number of alkyl halides is 2. The van der Waals surface area contributed by atoms with Gasteiger partial charge in [-0.2, -0.15) is 13.9 Å². The summed E-state index contributed by atoms with van der Waals surface area (Å²) < 4.78 is 28.2. The van der Waals surface area contributed by atoms with Crippen LogP contribution < -0.4 is 0 Å². The van der Waals surface area contributed by atoms with E-state index >= 15 is 0 Å². The van der Waals surface area contributed by atoms with E-state index in [1.165, 1.54) is 6.20 Å². The van der Waals surface area contributed by atoms with Crippen LogP contribution in [0.4, 0.5) is 8.78 Å². The number of rotatable bonds is 2. The summed E-state index contributed by atoms with van der Waals surface area (Å²) in [6.07, 6.45) is 5.46. The summed E-state index contributed by atoms with van der Waals surface area (Å²) in [5.41, 5.74) is 0.325. The Morgan fingerprint density at radius 1 is 1.17 bits per heavy atom. The molecule has 1 aliphatic rings. The third kappa shape index (κ3) is 1.79. The lowest BCUT2D eigenvalue weighted by Gasteiger charge is -2.08. The van der Waals surface area contributed by atoms with E-state index in [1.54, 1.807) is 6.07 Å². The van der Waals surface area contributed by atoms with Crippen molar-refractivity contribution in [1.82, 2.24) is 24.5 Å². The molecule has 3 heterocycles. The number of aromatic nitrogens is 5. The van der Waals surface area contributed by atoms with Gasteiger partial charge in [-0.3, -0.25) is 0 Å². The van der Waals surface area contributed by atoms with Crippen LogP contribution in [0.2, 0.25) is 0 Å². The first-order valence-electron chi connectivity index (χ1n) is 6.01. The quantitative estimate of drug-likeness (QED) is 0.824. The largest absolute Gasteiger partial charge is 0.333 e. The zero-order chi connectivity index (χ0) is 12.5. The first kappa shape index (κ1) is 11.3. The minimum Gasteiger partial charge on any atom is -0.310 e. The zero-order valence-electron chi connectivity index (χ0n) is 9.76. The maximum atomic E-state index is 12.8. The van der Waals surface area contributed by atoms with Crippen LogP contribution in [0.15, 0.2) is 12.3 Å². The van der Waals surface area contributed by atoms with Crippen LogP contribution in [-0.4, -0.2) is 24.5 Å². The fraction of sp³-hybridized carbons (Fsp3) is 0.545. The third-order valence-corrected chi connectivity index (χ3v) is 3.19. The monoisotopic (exact) mass is 253 g/mol. The van der Waals surface area contributed by atoms with Crippen LogP contribution in [0.5, 0.6) is 0 Å². The minimum absolute atomic E-state index is 0.325. The fourth-order valence-electron chi connectivity index (χ4n) is 2.32. The normalized spacial score (nSPS) is 15.7. The molecule has 18 heavy (non-hydrogen) atoms. The van der Waals surface area contributed by atoms with Crippen LogP contribution in [-0.2, 0) is 13.0 Å². The lowest BCUT2D eigenvalue weighted by Crippen LogP contribution is -2.08. The summed E-state index contributed by atoms with van der Waals surface area (Å²) in [7, 11) is 0. The van der Waals surface area contributed by atoms with Gasteiger partial charge < -0.3 is 4.57 Å². The first-order valence-corrected chi connectivity index (χ1v) is 6.01. The summed E-state index contributed by atoms with van der Waals surface area (Å²) in [4.78, 5) is 0. The van der Waals surface area contributed by atoms with Crippen molar-refractivity contribution in [3.63, 3.8) is 0 Å². The second kappa shape index (κ2) is 4.47. The summed E-state index contributed by atoms with van der Waals surface area (Å²) in [5.74, 6) is 1.37. The second-order valence-electron chi connectivity index (χ2n) is 4.34. The van der Waals surface area contributed by atoms with Crippen LogP contribution in [0.1, 0.15) is 31.6 Å². The Hall–Kier alpha value is -1.79. The number of hydrogen-bond donors (Lipinski definition) is 0. The predicted octanol–water partition coefficient (Wildman–Crippen LogP) is 2.26.